The molecule has 1 aromatic heterocycles. The van der Waals surface area contributed by atoms with Gasteiger partial charge in [-0.3, -0.25) is 0 Å². The first-order valence-electron chi connectivity index (χ1n) is 6.01. The van der Waals surface area contributed by atoms with Crippen LogP contribution in [0.2, 0.25) is 0 Å². The van der Waals surface area contributed by atoms with Crippen molar-refractivity contribution >= 4 is 11.3 Å². The topological polar surface area (TPSA) is 24.9 Å². The van der Waals surface area contributed by atoms with Crippen LogP contribution in [0.3, 0.4) is 0 Å². The zero-order valence-electron chi connectivity index (χ0n) is 9.88. The Kier molecular flexibility index (Phi) is 6.60. The highest BCUT2D eigenvalue weighted by Crippen LogP contribution is 2.12. The van der Waals surface area contributed by atoms with Crippen molar-refractivity contribution in [3.63, 3.8) is 0 Å². The summed E-state index contributed by atoms with van der Waals surface area (Å²) >= 11 is 1.83. The summed E-state index contributed by atoms with van der Waals surface area (Å²) in [6, 6.07) is 0. The Morgan fingerprint density at radius 2 is 2.13 bits per heavy atom. The van der Waals surface area contributed by atoms with E-state index in [1.165, 1.54) is 35.6 Å². The van der Waals surface area contributed by atoms with Gasteiger partial charge in [0.2, 0.25) is 0 Å². The lowest BCUT2D eigenvalue weighted by atomic mass is 10.2. The van der Waals surface area contributed by atoms with Gasteiger partial charge >= 0.3 is 0 Å². The van der Waals surface area contributed by atoms with E-state index in [-0.39, 0.29) is 0 Å². The molecule has 2 nitrogen and oxygen atoms in total. The number of thiazole rings is 1. The van der Waals surface area contributed by atoms with E-state index in [0.717, 1.165) is 19.5 Å². The van der Waals surface area contributed by atoms with Gasteiger partial charge < -0.3 is 5.32 Å². The second kappa shape index (κ2) is 7.83. The van der Waals surface area contributed by atoms with Gasteiger partial charge in [-0.2, -0.15) is 0 Å². The third kappa shape index (κ3) is 5.28. The Labute approximate surface area is 97.1 Å². The molecule has 0 radical (unpaired) electrons. The van der Waals surface area contributed by atoms with Crippen molar-refractivity contribution in [2.24, 2.45) is 0 Å². The van der Waals surface area contributed by atoms with Gasteiger partial charge in [0.15, 0.2) is 0 Å². The molecule has 1 heterocycles. The lowest BCUT2D eigenvalue weighted by Gasteiger charge is -2.01. The van der Waals surface area contributed by atoms with Crippen LogP contribution in [0, 0.1) is 0 Å². The second-order valence-corrected chi connectivity index (χ2v) is 5.01. The van der Waals surface area contributed by atoms with Gasteiger partial charge in [-0.1, -0.05) is 33.1 Å². The monoisotopic (exact) mass is 226 g/mol. The van der Waals surface area contributed by atoms with Gasteiger partial charge in [0.05, 0.1) is 5.01 Å². The summed E-state index contributed by atoms with van der Waals surface area (Å²) in [5, 5.41) is 4.72. The zero-order valence-corrected chi connectivity index (χ0v) is 10.7. The summed E-state index contributed by atoms with van der Waals surface area (Å²) in [7, 11) is 0. The number of unbranched alkanes of at least 4 members (excludes halogenated alkanes) is 3. The molecular weight excluding hydrogens is 204 g/mol. The second-order valence-electron chi connectivity index (χ2n) is 3.81. The average Bonchev–Trinajstić information content (AvgIpc) is 2.71. The molecule has 0 spiro atoms. The van der Waals surface area contributed by atoms with E-state index >= 15 is 0 Å². The maximum absolute atomic E-state index is 4.34. The van der Waals surface area contributed by atoms with E-state index in [9.17, 15) is 0 Å². The van der Waals surface area contributed by atoms with E-state index in [4.69, 9.17) is 0 Å². The van der Waals surface area contributed by atoms with Gasteiger partial charge in [-0.15, -0.1) is 11.3 Å². The van der Waals surface area contributed by atoms with E-state index in [1.807, 2.05) is 17.5 Å². The Hall–Kier alpha value is -0.410. The highest BCUT2D eigenvalue weighted by Gasteiger charge is 1.98. The molecule has 0 saturated heterocycles. The van der Waals surface area contributed by atoms with E-state index in [1.54, 1.807) is 0 Å². The van der Waals surface area contributed by atoms with Crippen molar-refractivity contribution in [2.45, 2.75) is 52.5 Å². The molecule has 0 bridgehead atoms. The smallest absolute Gasteiger partial charge is 0.0925 e. The molecule has 0 fully saturated rings. The predicted molar refractivity (Wildman–Crippen MR) is 67.3 cm³/mol. The van der Waals surface area contributed by atoms with Crippen molar-refractivity contribution in [1.82, 2.24) is 10.3 Å². The third-order valence-corrected chi connectivity index (χ3v) is 3.55. The Morgan fingerprint density at radius 1 is 1.27 bits per heavy atom. The Balaban J connectivity index is 2.04. The van der Waals surface area contributed by atoms with Gasteiger partial charge in [-0.05, 0) is 19.4 Å². The molecular formula is C12H22N2S. The molecule has 0 aliphatic carbocycles. The quantitative estimate of drug-likeness (QED) is 0.687. The van der Waals surface area contributed by atoms with Crippen LogP contribution in [-0.4, -0.2) is 11.5 Å². The molecule has 1 rings (SSSR count). The lowest BCUT2D eigenvalue weighted by Crippen LogP contribution is -2.13. The zero-order chi connectivity index (χ0) is 10.9. The predicted octanol–water partition coefficient (Wildman–Crippen LogP) is 3.38. The largest absolute Gasteiger partial charge is 0.312 e. The fourth-order valence-corrected chi connectivity index (χ4v) is 2.31. The molecule has 3 heteroatoms. The number of aromatic nitrogens is 1. The van der Waals surface area contributed by atoms with Crippen LogP contribution in [0.1, 0.15) is 49.4 Å². The standard InChI is InChI=1S/C12H22N2S/c1-3-5-6-7-8-13-9-11-10-14-12(4-2)15-11/h10,13H,3-9H2,1-2H3. The van der Waals surface area contributed by atoms with Gasteiger partial charge in [0, 0.05) is 17.6 Å². The fraction of sp³-hybridized carbons (Fsp3) is 0.750. The molecule has 0 atom stereocenters. The van der Waals surface area contributed by atoms with E-state index in [0.29, 0.717) is 0 Å². The van der Waals surface area contributed by atoms with Crippen molar-refractivity contribution in [2.75, 3.05) is 6.54 Å². The number of aryl methyl sites for hydroxylation is 1. The molecule has 1 N–H and O–H groups in total. The van der Waals surface area contributed by atoms with Crippen LogP contribution in [0.15, 0.2) is 6.20 Å². The first kappa shape index (κ1) is 12.7. The molecule has 1 aromatic rings. The Bertz CT molecular complexity index is 258. The summed E-state index contributed by atoms with van der Waals surface area (Å²) in [5.74, 6) is 0. The molecule has 0 aliphatic heterocycles. The SMILES string of the molecule is CCCCCCNCc1cnc(CC)s1. The Morgan fingerprint density at radius 3 is 2.80 bits per heavy atom. The molecule has 0 saturated carbocycles. The van der Waals surface area contributed by atoms with Crippen molar-refractivity contribution in [3.05, 3.63) is 16.1 Å². The maximum atomic E-state index is 4.34. The maximum Gasteiger partial charge on any atom is 0.0925 e. The first-order valence-corrected chi connectivity index (χ1v) is 6.82. The molecule has 0 unspecified atom stereocenters. The molecule has 15 heavy (non-hydrogen) atoms. The van der Waals surface area contributed by atoms with Crippen LogP contribution < -0.4 is 5.32 Å². The van der Waals surface area contributed by atoms with Gasteiger partial charge in [0.1, 0.15) is 0 Å². The third-order valence-electron chi connectivity index (χ3n) is 2.41. The highest BCUT2D eigenvalue weighted by molar-refractivity contribution is 7.11. The van der Waals surface area contributed by atoms with Gasteiger partial charge in [0.25, 0.3) is 0 Å². The van der Waals surface area contributed by atoms with Crippen molar-refractivity contribution in [1.29, 1.82) is 0 Å². The summed E-state index contributed by atoms with van der Waals surface area (Å²) in [4.78, 5) is 5.70. The number of nitrogens with one attached hydrogen (secondary N) is 1. The van der Waals surface area contributed by atoms with Crippen LogP contribution in [-0.2, 0) is 13.0 Å². The van der Waals surface area contributed by atoms with Crippen LogP contribution >= 0.6 is 11.3 Å². The molecule has 0 aliphatic rings. The normalized spacial score (nSPS) is 10.8. The summed E-state index contributed by atoms with van der Waals surface area (Å²) in [6.45, 7) is 6.53. The van der Waals surface area contributed by atoms with E-state index in [2.05, 4.69) is 24.1 Å². The number of nitrogens with zero attached hydrogens (tertiary/aromatic N) is 1. The van der Waals surface area contributed by atoms with Crippen LogP contribution in [0.25, 0.3) is 0 Å². The minimum absolute atomic E-state index is 0.990. The first-order chi connectivity index (χ1) is 7.36. The average molecular weight is 226 g/mol. The summed E-state index contributed by atoms with van der Waals surface area (Å²) in [6.07, 6.45) is 8.39. The van der Waals surface area contributed by atoms with Crippen molar-refractivity contribution in [3.8, 4) is 0 Å². The minimum Gasteiger partial charge on any atom is -0.312 e. The van der Waals surface area contributed by atoms with E-state index < -0.39 is 0 Å². The van der Waals surface area contributed by atoms with Gasteiger partial charge in [-0.25, -0.2) is 4.98 Å². The summed E-state index contributed by atoms with van der Waals surface area (Å²) < 4.78 is 0. The highest BCUT2D eigenvalue weighted by atomic mass is 32.1. The molecule has 0 aromatic carbocycles. The summed E-state index contributed by atoms with van der Waals surface area (Å²) in [5.41, 5.74) is 0. The van der Waals surface area contributed by atoms with Crippen LogP contribution in [0.4, 0.5) is 0 Å². The van der Waals surface area contributed by atoms with Crippen LogP contribution in [0.5, 0.6) is 0 Å². The fourth-order valence-electron chi connectivity index (χ4n) is 1.48. The molecule has 0 amide bonds. The number of hydrogen-bond donors (Lipinski definition) is 1. The van der Waals surface area contributed by atoms with Crippen molar-refractivity contribution < 1.29 is 0 Å². The molecule has 86 valence electrons. The minimum atomic E-state index is 0.990. The lowest BCUT2D eigenvalue weighted by molar-refractivity contribution is 0.600. The number of rotatable bonds is 8. The number of hydrogen-bond acceptors (Lipinski definition) is 3.